The zero-order valence-corrected chi connectivity index (χ0v) is 13.2. The van der Waals surface area contributed by atoms with Crippen molar-refractivity contribution in [1.82, 2.24) is 0 Å². The highest BCUT2D eigenvalue weighted by molar-refractivity contribution is 14.1. The number of carbonyl (C=O) groups is 1. The fourth-order valence-electron chi connectivity index (χ4n) is 2.32. The number of carbonyl (C=O) groups excluding carboxylic acids is 1. The molecule has 0 aliphatic heterocycles. The van der Waals surface area contributed by atoms with Gasteiger partial charge in [-0.1, -0.05) is 24.3 Å². The average Bonchev–Trinajstić information content (AvgIpc) is 2.46. The van der Waals surface area contributed by atoms with Crippen LogP contribution < -0.4 is 4.90 Å². The van der Waals surface area contributed by atoms with Gasteiger partial charge in [0.2, 0.25) is 0 Å². The first-order valence-electron chi connectivity index (χ1n) is 6.49. The summed E-state index contributed by atoms with van der Waals surface area (Å²) in [6, 6.07) is 7.89. The monoisotopic (exact) mass is 371 g/mol. The maximum Gasteiger partial charge on any atom is 0.414 e. The number of benzene rings is 1. The maximum absolute atomic E-state index is 12.0. The van der Waals surface area contributed by atoms with Gasteiger partial charge in [0.1, 0.15) is 0 Å². The van der Waals surface area contributed by atoms with E-state index in [9.17, 15) is 4.79 Å². The standard InChI is InChI=1S/C15H18INO2/c1-19-15(18)17(11-12-7-3-2-4-8-12)14-10-6-5-9-13(14)16/h3,5-7,9-10,12H,2,4,8,11H2,1H3/t12-/m1/s1. The third kappa shape index (κ3) is 3.72. The molecule has 1 aliphatic carbocycles. The molecule has 2 rings (SSSR count). The van der Waals surface area contributed by atoms with Gasteiger partial charge in [-0.15, -0.1) is 0 Å². The van der Waals surface area contributed by atoms with Gasteiger partial charge < -0.3 is 4.74 Å². The van der Waals surface area contributed by atoms with Gasteiger partial charge in [-0.25, -0.2) is 4.79 Å². The smallest absolute Gasteiger partial charge is 0.414 e. The van der Waals surface area contributed by atoms with Gasteiger partial charge in [0.05, 0.1) is 12.8 Å². The van der Waals surface area contributed by atoms with Crippen LogP contribution in [0.15, 0.2) is 36.4 Å². The van der Waals surface area contributed by atoms with Gasteiger partial charge >= 0.3 is 6.09 Å². The average molecular weight is 371 g/mol. The molecular formula is C15H18INO2. The summed E-state index contributed by atoms with van der Waals surface area (Å²) >= 11 is 2.25. The van der Waals surface area contributed by atoms with Gasteiger partial charge in [0, 0.05) is 10.1 Å². The topological polar surface area (TPSA) is 29.5 Å². The molecule has 0 unspecified atom stereocenters. The number of hydrogen-bond acceptors (Lipinski definition) is 2. The highest BCUT2D eigenvalue weighted by Gasteiger charge is 2.22. The number of amides is 1. The van der Waals surface area contributed by atoms with Crippen LogP contribution >= 0.6 is 22.6 Å². The lowest BCUT2D eigenvalue weighted by atomic mass is 9.95. The highest BCUT2D eigenvalue weighted by Crippen LogP contribution is 2.26. The number of para-hydroxylation sites is 1. The fraction of sp³-hybridized carbons (Fsp3) is 0.400. The van der Waals surface area contributed by atoms with E-state index >= 15 is 0 Å². The molecule has 0 heterocycles. The third-order valence-corrected chi connectivity index (χ3v) is 4.22. The number of allylic oxidation sites excluding steroid dienone is 1. The van der Waals surface area contributed by atoms with Crippen LogP contribution in [-0.2, 0) is 4.74 Å². The van der Waals surface area contributed by atoms with Crippen molar-refractivity contribution in [3.05, 3.63) is 40.0 Å². The van der Waals surface area contributed by atoms with Crippen LogP contribution in [0.4, 0.5) is 10.5 Å². The molecule has 1 aromatic rings. The summed E-state index contributed by atoms with van der Waals surface area (Å²) < 4.78 is 5.98. The van der Waals surface area contributed by atoms with E-state index in [-0.39, 0.29) is 6.09 Å². The summed E-state index contributed by atoms with van der Waals surface area (Å²) in [4.78, 5) is 13.8. The second-order valence-corrected chi connectivity index (χ2v) is 5.81. The molecule has 0 saturated heterocycles. The van der Waals surface area contributed by atoms with Gasteiger partial charge in [0.15, 0.2) is 0 Å². The third-order valence-electron chi connectivity index (χ3n) is 3.31. The lowest BCUT2D eigenvalue weighted by Crippen LogP contribution is -2.35. The Labute approximate surface area is 127 Å². The Kier molecular flexibility index (Phi) is 5.24. The minimum atomic E-state index is -0.289. The highest BCUT2D eigenvalue weighted by atomic mass is 127. The Balaban J connectivity index is 2.21. The number of nitrogens with zero attached hydrogens (tertiary/aromatic N) is 1. The molecule has 102 valence electrons. The first kappa shape index (κ1) is 14.4. The molecule has 0 radical (unpaired) electrons. The van der Waals surface area contributed by atoms with E-state index in [1.165, 1.54) is 13.5 Å². The Bertz CT molecular complexity index is 473. The molecule has 0 saturated carbocycles. The molecule has 0 N–H and O–H groups in total. The number of halogens is 1. The number of methoxy groups -OCH3 is 1. The van der Waals surface area contributed by atoms with Crippen LogP contribution in [0.1, 0.15) is 19.3 Å². The van der Waals surface area contributed by atoms with E-state index in [4.69, 9.17) is 4.74 Å². The summed E-state index contributed by atoms with van der Waals surface area (Å²) in [5, 5.41) is 0. The van der Waals surface area contributed by atoms with Crippen molar-refractivity contribution in [2.24, 2.45) is 5.92 Å². The largest absolute Gasteiger partial charge is 0.452 e. The summed E-state index contributed by atoms with van der Waals surface area (Å²) in [5.41, 5.74) is 0.925. The van der Waals surface area contributed by atoms with E-state index in [0.29, 0.717) is 12.5 Å². The van der Waals surface area contributed by atoms with E-state index in [1.807, 2.05) is 24.3 Å². The molecule has 0 bridgehead atoms. The van der Waals surface area contributed by atoms with Crippen LogP contribution in [-0.4, -0.2) is 19.7 Å². The molecule has 0 spiro atoms. The van der Waals surface area contributed by atoms with E-state index in [2.05, 4.69) is 34.7 Å². The van der Waals surface area contributed by atoms with Crippen LogP contribution in [0.3, 0.4) is 0 Å². The molecule has 4 heteroatoms. The molecule has 3 nitrogen and oxygen atoms in total. The lowest BCUT2D eigenvalue weighted by Gasteiger charge is -2.27. The van der Waals surface area contributed by atoms with Crippen LogP contribution in [0.5, 0.6) is 0 Å². The van der Waals surface area contributed by atoms with Crippen molar-refractivity contribution in [2.45, 2.75) is 19.3 Å². The van der Waals surface area contributed by atoms with Crippen LogP contribution in [0.2, 0.25) is 0 Å². The summed E-state index contributed by atoms with van der Waals surface area (Å²) in [7, 11) is 1.43. The normalized spacial score (nSPS) is 18.1. The molecule has 1 aliphatic rings. The SMILES string of the molecule is COC(=O)N(C[C@@H]1C=CCCC1)c1ccccc1I. The number of rotatable bonds is 3. The Morgan fingerprint density at radius 3 is 2.89 bits per heavy atom. The van der Waals surface area contributed by atoms with Crippen molar-refractivity contribution in [1.29, 1.82) is 0 Å². The maximum atomic E-state index is 12.0. The molecule has 0 aromatic heterocycles. The quantitative estimate of drug-likeness (QED) is 0.588. The Morgan fingerprint density at radius 1 is 1.47 bits per heavy atom. The van der Waals surface area contributed by atoms with Gasteiger partial charge in [-0.2, -0.15) is 0 Å². The molecule has 1 amide bonds. The molecule has 1 aromatic carbocycles. The molecule has 19 heavy (non-hydrogen) atoms. The van der Waals surface area contributed by atoms with E-state index in [1.54, 1.807) is 4.90 Å². The second kappa shape index (κ2) is 6.93. The van der Waals surface area contributed by atoms with Crippen molar-refractivity contribution in [3.63, 3.8) is 0 Å². The van der Waals surface area contributed by atoms with E-state index < -0.39 is 0 Å². The lowest BCUT2D eigenvalue weighted by molar-refractivity contribution is 0.177. The predicted molar refractivity (Wildman–Crippen MR) is 85.4 cm³/mol. The predicted octanol–water partition coefficient (Wildman–Crippen LogP) is 4.22. The minimum Gasteiger partial charge on any atom is -0.452 e. The summed E-state index contributed by atoms with van der Waals surface area (Å²) in [6.07, 6.45) is 7.62. The molecule has 1 atom stereocenters. The van der Waals surface area contributed by atoms with Gasteiger partial charge in [0.25, 0.3) is 0 Å². The zero-order valence-electron chi connectivity index (χ0n) is 11.0. The minimum absolute atomic E-state index is 0.289. The van der Waals surface area contributed by atoms with Crippen molar-refractivity contribution in [2.75, 3.05) is 18.6 Å². The summed E-state index contributed by atoms with van der Waals surface area (Å²) in [6.45, 7) is 0.684. The number of hydrogen-bond donors (Lipinski definition) is 0. The fourth-order valence-corrected chi connectivity index (χ4v) is 3.00. The Hall–Kier alpha value is -1.04. The van der Waals surface area contributed by atoms with Crippen molar-refractivity contribution >= 4 is 34.4 Å². The van der Waals surface area contributed by atoms with Crippen LogP contribution in [0.25, 0.3) is 0 Å². The molecule has 0 fully saturated rings. The first-order chi connectivity index (χ1) is 9.22. The first-order valence-corrected chi connectivity index (χ1v) is 7.57. The van der Waals surface area contributed by atoms with Crippen LogP contribution in [0, 0.1) is 9.49 Å². The second-order valence-electron chi connectivity index (χ2n) is 4.65. The van der Waals surface area contributed by atoms with Crippen molar-refractivity contribution < 1.29 is 9.53 Å². The number of ether oxygens (including phenoxy) is 1. The van der Waals surface area contributed by atoms with Gasteiger partial charge in [-0.3, -0.25) is 4.90 Å². The summed E-state index contributed by atoms with van der Waals surface area (Å²) in [5.74, 6) is 0.420. The van der Waals surface area contributed by atoms with Crippen molar-refractivity contribution in [3.8, 4) is 0 Å². The Morgan fingerprint density at radius 2 is 2.26 bits per heavy atom. The van der Waals surface area contributed by atoms with Gasteiger partial charge in [-0.05, 0) is 59.9 Å². The zero-order chi connectivity index (χ0) is 13.7. The molecular weight excluding hydrogens is 353 g/mol. The van der Waals surface area contributed by atoms with E-state index in [0.717, 1.165) is 22.1 Å². The number of anilines is 1.